The van der Waals surface area contributed by atoms with E-state index in [4.69, 9.17) is 4.42 Å². The number of halogens is 3. The van der Waals surface area contributed by atoms with Crippen molar-refractivity contribution in [2.24, 2.45) is 0 Å². The molecule has 66 heavy (non-hydrogen) atoms. The fourth-order valence-electron chi connectivity index (χ4n) is 10.5. The maximum absolute atomic E-state index is 14.1. The molecule has 9 aromatic carbocycles. The number of alkyl halides is 3. The van der Waals surface area contributed by atoms with Crippen LogP contribution < -0.4 is 9.80 Å². The normalized spacial score (nSPS) is 12.4. The van der Waals surface area contributed by atoms with Crippen LogP contribution in [0.25, 0.3) is 70.8 Å². The minimum absolute atomic E-state index is 0.314. The fraction of sp³-hybridized carbons (Fsp3) is 0.119. The zero-order chi connectivity index (χ0) is 45.2. The van der Waals surface area contributed by atoms with Gasteiger partial charge in [-0.25, -0.2) is 0 Å². The lowest BCUT2D eigenvalue weighted by molar-refractivity contribution is -0.137. The van der Waals surface area contributed by atoms with Gasteiger partial charge in [-0.3, -0.25) is 0 Å². The highest BCUT2D eigenvalue weighted by Crippen LogP contribution is 2.48. The van der Waals surface area contributed by atoms with Gasteiger partial charge in [0.05, 0.1) is 22.1 Å². The van der Waals surface area contributed by atoms with Crippen LogP contribution in [0.15, 0.2) is 174 Å². The second-order valence-electron chi connectivity index (χ2n) is 18.2. The summed E-state index contributed by atoms with van der Waals surface area (Å²) in [7, 11) is 0. The van der Waals surface area contributed by atoms with Crippen molar-refractivity contribution in [2.75, 3.05) is 9.80 Å². The molecule has 0 radical (unpaired) electrons. The average molecular weight is 868 g/mol. The van der Waals surface area contributed by atoms with Gasteiger partial charge in [0.2, 0.25) is 0 Å². The largest absolute Gasteiger partial charge is 0.456 e. The average Bonchev–Trinajstić information content (AvgIpc) is 3.95. The first-order valence-corrected chi connectivity index (χ1v) is 22.4. The molecule has 12 aromatic rings. The summed E-state index contributed by atoms with van der Waals surface area (Å²) < 4.78 is 51.6. The molecule has 0 aliphatic rings. The second kappa shape index (κ2) is 14.6. The molecule has 322 valence electrons. The molecule has 7 heteroatoms. The van der Waals surface area contributed by atoms with Crippen molar-refractivity contribution in [2.45, 2.75) is 46.7 Å². The molecule has 0 aliphatic heterocycles. The van der Waals surface area contributed by atoms with Crippen molar-refractivity contribution < 1.29 is 17.6 Å². The van der Waals surface area contributed by atoms with Crippen LogP contribution in [0, 0.1) is 20.8 Å². The summed E-state index contributed by atoms with van der Waals surface area (Å²) >= 11 is 0. The van der Waals surface area contributed by atoms with Crippen LogP contribution in [0.5, 0.6) is 0 Å². The van der Waals surface area contributed by atoms with Crippen LogP contribution in [0.1, 0.15) is 47.6 Å². The molecule has 12 rings (SSSR count). The first kappa shape index (κ1) is 39.8. The number of hydrogen-bond acceptors (Lipinski definition) is 3. The van der Waals surface area contributed by atoms with Gasteiger partial charge < -0.3 is 18.6 Å². The van der Waals surface area contributed by atoms with E-state index in [0.29, 0.717) is 28.4 Å². The quantitative estimate of drug-likeness (QED) is 0.159. The number of para-hydroxylation sites is 2. The summed E-state index contributed by atoms with van der Waals surface area (Å²) in [6.45, 7) is 10.5. The highest BCUT2D eigenvalue weighted by molar-refractivity contribution is 6.32. The molecule has 0 unspecified atom stereocenters. The van der Waals surface area contributed by atoms with Crippen molar-refractivity contribution in [3.63, 3.8) is 0 Å². The van der Waals surface area contributed by atoms with E-state index in [9.17, 15) is 13.2 Å². The molecule has 0 fully saturated rings. The van der Waals surface area contributed by atoms with Gasteiger partial charge in [-0.2, -0.15) is 13.2 Å². The number of nitrogens with zero attached hydrogens (tertiary/aromatic N) is 3. The second-order valence-corrected chi connectivity index (χ2v) is 18.2. The van der Waals surface area contributed by atoms with E-state index in [0.717, 1.165) is 60.9 Å². The third-order valence-corrected chi connectivity index (χ3v) is 13.3. The first-order valence-electron chi connectivity index (χ1n) is 22.4. The summed E-state index contributed by atoms with van der Waals surface area (Å²) in [6, 6.07) is 57.4. The molecule has 0 atom stereocenters. The Morgan fingerprint density at radius 1 is 0.439 bits per heavy atom. The fourth-order valence-corrected chi connectivity index (χ4v) is 10.5. The van der Waals surface area contributed by atoms with Crippen LogP contribution in [0.3, 0.4) is 0 Å². The number of fused-ring (bicyclic) bond motifs is 12. The highest BCUT2D eigenvalue weighted by atomic mass is 19.4. The topological polar surface area (TPSA) is 24.0 Å². The first-order chi connectivity index (χ1) is 31.9. The number of anilines is 6. The standard InChI is InChI=1S/C59H44F3N3O/c1-34(2)38-29-50-46-18-16-42(63(40-12-8-6-9-13-40)44-26-35(3)24-36(4)27-44)32-53(46)65-52-22-20-48-47(56(52)51(30-38)58(50)65)21-23-54-57(48)49-19-17-43(33-55(49)66-54)64(41-14-10-7-11-15-41)45-28-37(5)25-39(31-45)59(60,61)62/h6-34H,1-5H3. The van der Waals surface area contributed by atoms with Gasteiger partial charge in [0.1, 0.15) is 11.2 Å². The molecule has 0 N–H and O–H groups in total. The van der Waals surface area contributed by atoms with E-state index in [1.807, 2.05) is 53.4 Å². The number of benzene rings is 9. The smallest absolute Gasteiger partial charge is 0.416 e. The Bertz CT molecular complexity index is 3860. The maximum atomic E-state index is 14.1. The van der Waals surface area contributed by atoms with Crippen molar-refractivity contribution >= 4 is 105 Å². The predicted molar refractivity (Wildman–Crippen MR) is 269 cm³/mol. The minimum Gasteiger partial charge on any atom is -0.456 e. The van der Waals surface area contributed by atoms with E-state index >= 15 is 0 Å². The van der Waals surface area contributed by atoms with Crippen molar-refractivity contribution in [1.82, 2.24) is 4.40 Å². The van der Waals surface area contributed by atoms with Crippen molar-refractivity contribution in [3.05, 3.63) is 198 Å². The lowest BCUT2D eigenvalue weighted by Gasteiger charge is -2.26. The van der Waals surface area contributed by atoms with Crippen LogP contribution in [-0.4, -0.2) is 4.40 Å². The number of aromatic nitrogens is 1. The van der Waals surface area contributed by atoms with E-state index in [1.54, 1.807) is 13.0 Å². The predicted octanol–water partition coefficient (Wildman–Crippen LogP) is 17.9. The maximum Gasteiger partial charge on any atom is 0.416 e. The van der Waals surface area contributed by atoms with Gasteiger partial charge in [0.15, 0.2) is 0 Å². The minimum atomic E-state index is -4.49. The van der Waals surface area contributed by atoms with Gasteiger partial charge in [0, 0.05) is 72.5 Å². The Hall–Kier alpha value is -7.77. The molecule has 3 aromatic heterocycles. The van der Waals surface area contributed by atoms with Crippen LogP contribution >= 0.6 is 0 Å². The van der Waals surface area contributed by atoms with Gasteiger partial charge >= 0.3 is 6.18 Å². The van der Waals surface area contributed by atoms with E-state index in [1.165, 1.54) is 55.9 Å². The van der Waals surface area contributed by atoms with Gasteiger partial charge in [-0.05, 0) is 169 Å². The van der Waals surface area contributed by atoms with Crippen LogP contribution in [0.2, 0.25) is 0 Å². The molecule has 0 aliphatic carbocycles. The number of furan rings is 1. The molecule has 0 amide bonds. The van der Waals surface area contributed by atoms with Gasteiger partial charge in [-0.1, -0.05) is 68.4 Å². The van der Waals surface area contributed by atoms with Crippen molar-refractivity contribution in [3.8, 4) is 0 Å². The van der Waals surface area contributed by atoms with Gasteiger partial charge in [-0.15, -0.1) is 0 Å². The molecular formula is C59H44F3N3O. The molecule has 0 spiro atoms. The molecular weight excluding hydrogens is 824 g/mol. The zero-order valence-corrected chi connectivity index (χ0v) is 37.1. The Kier molecular flexibility index (Phi) is 8.82. The van der Waals surface area contributed by atoms with E-state index in [-0.39, 0.29) is 0 Å². The summed E-state index contributed by atoms with van der Waals surface area (Å²) in [5.74, 6) is 0.314. The van der Waals surface area contributed by atoms with E-state index < -0.39 is 11.7 Å². The molecule has 0 saturated carbocycles. The number of hydrogen-bond donors (Lipinski definition) is 0. The lowest BCUT2D eigenvalue weighted by Crippen LogP contribution is -2.12. The SMILES string of the molecule is Cc1cc(C)cc(N(c2ccccc2)c2ccc3c4cc(C(C)C)cc5c6c7ccc8oc9cc(N(c%10ccccc%10)c%10cc(C)cc(C(F)(F)F)c%10)ccc9c8c7ccc6n(c3c2)c45)c1. The molecule has 0 saturated heterocycles. The lowest BCUT2D eigenvalue weighted by atomic mass is 9.95. The number of aryl methyl sites for hydroxylation is 3. The molecule has 4 nitrogen and oxygen atoms in total. The third-order valence-electron chi connectivity index (χ3n) is 13.3. The van der Waals surface area contributed by atoms with Crippen LogP contribution in [0.4, 0.5) is 47.3 Å². The molecule has 0 bridgehead atoms. The molecule has 3 heterocycles. The van der Waals surface area contributed by atoms with Crippen LogP contribution in [-0.2, 0) is 6.18 Å². The van der Waals surface area contributed by atoms with Gasteiger partial charge in [0.25, 0.3) is 0 Å². The Balaban J connectivity index is 1.08. The zero-order valence-electron chi connectivity index (χ0n) is 37.1. The summed E-state index contributed by atoms with van der Waals surface area (Å²) in [6.07, 6.45) is -4.49. The monoisotopic (exact) mass is 867 g/mol. The third kappa shape index (κ3) is 6.21. The summed E-state index contributed by atoms with van der Waals surface area (Å²) in [5, 5.41) is 9.02. The Morgan fingerprint density at radius 2 is 1.00 bits per heavy atom. The number of rotatable bonds is 7. The summed E-state index contributed by atoms with van der Waals surface area (Å²) in [5.41, 5.74) is 13.6. The summed E-state index contributed by atoms with van der Waals surface area (Å²) in [4.78, 5) is 4.21. The Morgan fingerprint density at radius 3 is 1.65 bits per heavy atom. The van der Waals surface area contributed by atoms with E-state index in [2.05, 4.69) is 140 Å². The van der Waals surface area contributed by atoms with Crippen molar-refractivity contribution in [1.29, 1.82) is 0 Å². The highest BCUT2D eigenvalue weighted by Gasteiger charge is 2.32. The Labute approximate surface area is 379 Å².